The van der Waals surface area contributed by atoms with Crippen LogP contribution < -0.4 is 0 Å². The van der Waals surface area contributed by atoms with Gasteiger partial charge in [-0.15, -0.1) is 0 Å². The highest BCUT2D eigenvalue weighted by molar-refractivity contribution is 5.45. The van der Waals surface area contributed by atoms with E-state index in [9.17, 15) is 10.2 Å². The van der Waals surface area contributed by atoms with Gasteiger partial charge in [0.05, 0.1) is 0 Å². The number of rotatable bonds is 2. The first-order valence-corrected chi connectivity index (χ1v) is 4.65. The Kier molecular flexibility index (Phi) is 3.18. The summed E-state index contributed by atoms with van der Waals surface area (Å²) in [5, 5.41) is 19.0. The molecule has 0 radical (unpaired) electrons. The average molecular weight is 192 g/mol. The largest absolute Gasteiger partial charge is 0.508 e. The molecule has 0 bridgehead atoms. The van der Waals surface area contributed by atoms with Crippen molar-refractivity contribution in [3.05, 3.63) is 34.9 Å². The zero-order valence-corrected chi connectivity index (χ0v) is 8.83. The smallest absolute Gasteiger partial charge is 0.119 e. The highest BCUT2D eigenvalue weighted by Gasteiger charge is 2.04. The van der Waals surface area contributed by atoms with E-state index in [0.717, 1.165) is 5.56 Å². The number of allylic oxidation sites excluding steroid dienone is 2. The summed E-state index contributed by atoms with van der Waals surface area (Å²) in [5.41, 5.74) is 2.65. The molecule has 0 saturated carbocycles. The van der Waals surface area contributed by atoms with Crippen LogP contribution in [0.1, 0.15) is 25.0 Å². The van der Waals surface area contributed by atoms with Gasteiger partial charge in [0.15, 0.2) is 0 Å². The van der Waals surface area contributed by atoms with E-state index >= 15 is 0 Å². The van der Waals surface area contributed by atoms with Crippen LogP contribution in [0.4, 0.5) is 0 Å². The normalized spacial score (nSPS) is 9.93. The van der Waals surface area contributed by atoms with E-state index in [-0.39, 0.29) is 11.5 Å². The maximum Gasteiger partial charge on any atom is 0.119 e. The van der Waals surface area contributed by atoms with E-state index in [0.29, 0.717) is 12.0 Å². The standard InChI is InChI=1S/C12H16O2/c1-8(2)4-5-10-7-11(13)9(3)6-12(10)14/h4,6-7,13-14H,5H2,1-3H3. The van der Waals surface area contributed by atoms with Gasteiger partial charge in [0.1, 0.15) is 11.5 Å². The first-order valence-electron chi connectivity index (χ1n) is 4.65. The zero-order valence-electron chi connectivity index (χ0n) is 8.83. The average Bonchev–Trinajstić information content (AvgIpc) is 2.09. The minimum atomic E-state index is 0.236. The Bertz CT molecular complexity index is 361. The Balaban J connectivity index is 2.98. The summed E-state index contributed by atoms with van der Waals surface area (Å²) in [6, 6.07) is 3.20. The molecule has 0 fully saturated rings. The van der Waals surface area contributed by atoms with Gasteiger partial charge in [0.25, 0.3) is 0 Å². The molecule has 1 aromatic carbocycles. The number of phenols is 2. The maximum absolute atomic E-state index is 9.59. The third kappa shape index (κ3) is 2.52. The fourth-order valence-corrected chi connectivity index (χ4v) is 1.20. The fraction of sp³-hybridized carbons (Fsp3) is 0.333. The van der Waals surface area contributed by atoms with Crippen LogP contribution in [0.5, 0.6) is 11.5 Å². The first-order chi connectivity index (χ1) is 6.50. The minimum absolute atomic E-state index is 0.236. The molecule has 0 aromatic heterocycles. The second-order valence-corrected chi connectivity index (χ2v) is 3.75. The number of hydrogen-bond acceptors (Lipinski definition) is 2. The van der Waals surface area contributed by atoms with Crippen LogP contribution in [0.2, 0.25) is 0 Å². The molecule has 0 spiro atoms. The second kappa shape index (κ2) is 4.18. The first kappa shape index (κ1) is 10.6. The molecule has 0 atom stereocenters. The van der Waals surface area contributed by atoms with Gasteiger partial charge in [0.2, 0.25) is 0 Å². The van der Waals surface area contributed by atoms with E-state index in [1.165, 1.54) is 5.57 Å². The molecular formula is C12H16O2. The molecule has 0 aliphatic rings. The van der Waals surface area contributed by atoms with Crippen molar-refractivity contribution in [2.24, 2.45) is 0 Å². The van der Waals surface area contributed by atoms with Gasteiger partial charge < -0.3 is 10.2 Å². The summed E-state index contributed by atoms with van der Waals surface area (Å²) >= 11 is 0. The van der Waals surface area contributed by atoms with Crippen LogP contribution in [-0.4, -0.2) is 10.2 Å². The summed E-state index contributed by atoms with van der Waals surface area (Å²) in [7, 11) is 0. The van der Waals surface area contributed by atoms with Crippen LogP contribution in [0.25, 0.3) is 0 Å². The zero-order chi connectivity index (χ0) is 10.7. The predicted molar refractivity (Wildman–Crippen MR) is 57.6 cm³/mol. The number of aromatic hydroxyl groups is 2. The molecule has 0 aliphatic heterocycles. The van der Waals surface area contributed by atoms with Crippen molar-refractivity contribution in [2.75, 3.05) is 0 Å². The lowest BCUT2D eigenvalue weighted by Gasteiger charge is -2.05. The van der Waals surface area contributed by atoms with Crippen LogP contribution in [0.15, 0.2) is 23.8 Å². The molecular weight excluding hydrogens is 176 g/mol. The Morgan fingerprint density at radius 3 is 2.43 bits per heavy atom. The third-order valence-electron chi connectivity index (χ3n) is 2.13. The fourth-order valence-electron chi connectivity index (χ4n) is 1.20. The molecule has 0 heterocycles. The Morgan fingerprint density at radius 1 is 1.21 bits per heavy atom. The SMILES string of the molecule is CC(C)=CCc1cc(O)c(C)cc1O. The van der Waals surface area contributed by atoms with Gasteiger partial charge in [-0.25, -0.2) is 0 Å². The number of phenolic OH excluding ortho intramolecular Hbond substituents is 2. The van der Waals surface area contributed by atoms with Gasteiger partial charge in [-0.1, -0.05) is 11.6 Å². The summed E-state index contributed by atoms with van der Waals surface area (Å²) in [6.07, 6.45) is 2.67. The van der Waals surface area contributed by atoms with Crippen LogP contribution in [0, 0.1) is 6.92 Å². The molecule has 14 heavy (non-hydrogen) atoms. The maximum atomic E-state index is 9.59. The van der Waals surface area contributed by atoms with Crippen molar-refractivity contribution in [3.8, 4) is 11.5 Å². The van der Waals surface area contributed by atoms with Gasteiger partial charge in [0, 0.05) is 5.56 Å². The van der Waals surface area contributed by atoms with Crippen molar-refractivity contribution in [1.82, 2.24) is 0 Å². The molecule has 1 aromatic rings. The third-order valence-corrected chi connectivity index (χ3v) is 2.13. The highest BCUT2D eigenvalue weighted by atomic mass is 16.3. The van der Waals surface area contributed by atoms with Gasteiger partial charge in [-0.2, -0.15) is 0 Å². The van der Waals surface area contributed by atoms with E-state index in [1.807, 2.05) is 19.9 Å². The lowest BCUT2D eigenvalue weighted by Crippen LogP contribution is -1.85. The molecule has 2 nitrogen and oxygen atoms in total. The molecule has 76 valence electrons. The number of aryl methyl sites for hydroxylation is 1. The summed E-state index contributed by atoms with van der Waals surface area (Å²) in [5.74, 6) is 0.484. The van der Waals surface area contributed by atoms with E-state index < -0.39 is 0 Å². The van der Waals surface area contributed by atoms with Gasteiger partial charge in [-0.3, -0.25) is 0 Å². The number of hydrogen-bond donors (Lipinski definition) is 2. The Morgan fingerprint density at radius 2 is 1.86 bits per heavy atom. The molecule has 0 saturated heterocycles. The van der Waals surface area contributed by atoms with Gasteiger partial charge >= 0.3 is 0 Å². The van der Waals surface area contributed by atoms with Crippen LogP contribution in [0.3, 0.4) is 0 Å². The molecule has 0 amide bonds. The summed E-state index contributed by atoms with van der Waals surface area (Å²) in [4.78, 5) is 0. The Labute approximate surface area is 84.5 Å². The Hall–Kier alpha value is -1.44. The van der Waals surface area contributed by atoms with Crippen molar-refractivity contribution in [1.29, 1.82) is 0 Å². The van der Waals surface area contributed by atoms with E-state index in [2.05, 4.69) is 0 Å². The minimum Gasteiger partial charge on any atom is -0.508 e. The van der Waals surface area contributed by atoms with Crippen molar-refractivity contribution in [2.45, 2.75) is 27.2 Å². The molecule has 2 heteroatoms. The number of benzene rings is 1. The van der Waals surface area contributed by atoms with Crippen molar-refractivity contribution in [3.63, 3.8) is 0 Å². The lowest BCUT2D eigenvalue weighted by molar-refractivity contribution is 0.452. The molecule has 1 rings (SSSR count). The lowest BCUT2D eigenvalue weighted by atomic mass is 10.1. The molecule has 2 N–H and O–H groups in total. The van der Waals surface area contributed by atoms with Crippen LogP contribution >= 0.6 is 0 Å². The quantitative estimate of drug-likeness (QED) is 0.558. The molecule has 0 unspecified atom stereocenters. The van der Waals surface area contributed by atoms with Gasteiger partial charge in [-0.05, 0) is 44.9 Å². The predicted octanol–water partition coefficient (Wildman–Crippen LogP) is 2.91. The summed E-state index contributed by atoms with van der Waals surface area (Å²) in [6.45, 7) is 5.77. The highest BCUT2D eigenvalue weighted by Crippen LogP contribution is 2.27. The second-order valence-electron chi connectivity index (χ2n) is 3.75. The summed E-state index contributed by atoms with van der Waals surface area (Å²) < 4.78 is 0. The van der Waals surface area contributed by atoms with E-state index in [4.69, 9.17) is 0 Å². The van der Waals surface area contributed by atoms with E-state index in [1.54, 1.807) is 19.1 Å². The molecule has 0 aliphatic carbocycles. The topological polar surface area (TPSA) is 40.5 Å². The van der Waals surface area contributed by atoms with Crippen LogP contribution in [-0.2, 0) is 6.42 Å². The van der Waals surface area contributed by atoms with Crippen molar-refractivity contribution < 1.29 is 10.2 Å². The van der Waals surface area contributed by atoms with Crippen molar-refractivity contribution >= 4 is 0 Å². The monoisotopic (exact) mass is 192 g/mol.